The maximum absolute atomic E-state index is 12.4. The summed E-state index contributed by atoms with van der Waals surface area (Å²) in [6, 6.07) is 11.3. The van der Waals surface area contributed by atoms with E-state index in [4.69, 9.17) is 0 Å². The van der Waals surface area contributed by atoms with Gasteiger partial charge in [0.1, 0.15) is 5.75 Å². The van der Waals surface area contributed by atoms with E-state index < -0.39 is 12.6 Å². The molecule has 6 nitrogen and oxygen atoms in total. The first kappa shape index (κ1) is 17.9. The molecule has 2 aromatic rings. The number of benzene rings is 2. The smallest absolute Gasteiger partial charge is 0.387 e. The molecule has 3 rings (SSSR count). The van der Waals surface area contributed by atoms with Crippen LogP contribution >= 0.6 is 0 Å². The predicted octanol–water partition coefficient (Wildman–Crippen LogP) is 3.39. The molecule has 1 aliphatic heterocycles. The van der Waals surface area contributed by atoms with Crippen molar-refractivity contribution in [1.82, 2.24) is 5.32 Å². The molecule has 0 fully saturated rings. The zero-order chi connectivity index (χ0) is 18.7. The van der Waals surface area contributed by atoms with Crippen molar-refractivity contribution in [3.63, 3.8) is 0 Å². The molecule has 0 aliphatic carbocycles. The number of urea groups is 1. The lowest BCUT2D eigenvalue weighted by atomic mass is 10.1. The van der Waals surface area contributed by atoms with E-state index >= 15 is 0 Å². The lowest BCUT2D eigenvalue weighted by molar-refractivity contribution is -0.0498. The van der Waals surface area contributed by atoms with E-state index in [0.717, 1.165) is 29.8 Å². The highest BCUT2D eigenvalue weighted by Crippen LogP contribution is 2.33. The normalized spacial score (nSPS) is 12.9. The Morgan fingerprint density at radius 1 is 1.35 bits per heavy atom. The Morgan fingerprint density at radius 2 is 2.15 bits per heavy atom. The van der Waals surface area contributed by atoms with Gasteiger partial charge in [-0.3, -0.25) is 5.21 Å². The van der Waals surface area contributed by atoms with Gasteiger partial charge in [0.05, 0.1) is 5.69 Å². The largest absolute Gasteiger partial charge is 0.435 e. The fourth-order valence-corrected chi connectivity index (χ4v) is 3.02. The topological polar surface area (TPSA) is 65.0 Å². The molecule has 1 aliphatic rings. The third kappa shape index (κ3) is 3.85. The van der Waals surface area contributed by atoms with E-state index in [9.17, 15) is 18.8 Å². The monoisotopic (exact) mass is 363 g/mol. The molecule has 2 amide bonds. The Labute approximate surface area is 149 Å². The molecule has 2 N–H and O–H groups in total. The number of nitrogens with one attached hydrogen (secondary N) is 1. The summed E-state index contributed by atoms with van der Waals surface area (Å²) in [6.45, 7) is -1.55. The van der Waals surface area contributed by atoms with Crippen molar-refractivity contribution in [2.45, 2.75) is 19.6 Å². The minimum Gasteiger partial charge on any atom is -0.435 e. The molecule has 0 spiro atoms. The molecule has 0 saturated heterocycles. The molecule has 0 atom stereocenters. The molecular formula is C18H19F2N3O3. The number of fused-ring (bicyclic) bond motifs is 1. The summed E-state index contributed by atoms with van der Waals surface area (Å²) < 4.78 is 29.1. The molecular weight excluding hydrogens is 344 g/mol. The highest BCUT2D eigenvalue weighted by molar-refractivity contribution is 5.89. The highest BCUT2D eigenvalue weighted by Gasteiger charge is 2.22. The molecule has 1 heterocycles. The van der Waals surface area contributed by atoms with Gasteiger partial charge in [-0.2, -0.15) is 13.8 Å². The average Bonchev–Trinajstić information content (AvgIpc) is 3.02. The van der Waals surface area contributed by atoms with E-state index in [1.54, 1.807) is 24.3 Å². The van der Waals surface area contributed by atoms with E-state index in [1.807, 2.05) is 12.1 Å². The second-order valence-corrected chi connectivity index (χ2v) is 5.88. The second kappa shape index (κ2) is 7.57. The van der Waals surface area contributed by atoms with Gasteiger partial charge in [-0.1, -0.05) is 12.1 Å². The average molecular weight is 363 g/mol. The molecule has 0 bridgehead atoms. The van der Waals surface area contributed by atoms with Gasteiger partial charge in [-0.05, 0) is 47.9 Å². The zero-order valence-electron chi connectivity index (χ0n) is 14.2. The molecule has 8 heteroatoms. The lowest BCUT2D eigenvalue weighted by Crippen LogP contribution is -2.35. The van der Waals surface area contributed by atoms with Crippen LogP contribution in [-0.2, 0) is 13.0 Å². The van der Waals surface area contributed by atoms with Crippen LogP contribution in [0.15, 0.2) is 42.5 Å². The van der Waals surface area contributed by atoms with Crippen molar-refractivity contribution in [3.05, 3.63) is 53.6 Å². The standard InChI is InChI=1S/C18H19F2N3O3/c1-21-18(24)23(25)14-5-6-16-13(10-14)7-8-22(16)11-12-3-2-4-15(9-12)26-17(19)20/h2-6,9-10,17,25H,7-8,11H2,1H3,(H,21,24). The van der Waals surface area contributed by atoms with Crippen LogP contribution in [0.1, 0.15) is 11.1 Å². The molecule has 26 heavy (non-hydrogen) atoms. The number of carbonyl (C=O) groups is 1. The molecule has 138 valence electrons. The molecule has 0 radical (unpaired) electrons. The fraction of sp³-hybridized carbons (Fsp3) is 0.278. The van der Waals surface area contributed by atoms with Crippen molar-refractivity contribution in [3.8, 4) is 5.75 Å². The van der Waals surface area contributed by atoms with Crippen molar-refractivity contribution >= 4 is 17.4 Å². The number of anilines is 2. The minimum absolute atomic E-state index is 0.133. The number of carbonyl (C=O) groups excluding carboxylic acids is 1. The number of hydroxylamine groups is 1. The highest BCUT2D eigenvalue weighted by atomic mass is 19.3. The Hall–Kier alpha value is -2.87. The summed E-state index contributed by atoms with van der Waals surface area (Å²) in [5.41, 5.74) is 3.23. The van der Waals surface area contributed by atoms with Gasteiger partial charge < -0.3 is 15.0 Å². The van der Waals surface area contributed by atoms with Gasteiger partial charge in [0, 0.05) is 25.8 Å². The number of alkyl halides is 2. The fourth-order valence-electron chi connectivity index (χ4n) is 3.02. The van der Waals surface area contributed by atoms with Crippen molar-refractivity contribution in [2.24, 2.45) is 0 Å². The van der Waals surface area contributed by atoms with Gasteiger partial charge in [0.15, 0.2) is 0 Å². The van der Waals surface area contributed by atoms with Crippen LogP contribution in [-0.4, -0.2) is 31.4 Å². The summed E-state index contributed by atoms with van der Waals surface area (Å²) >= 11 is 0. The van der Waals surface area contributed by atoms with Crippen molar-refractivity contribution in [2.75, 3.05) is 23.6 Å². The maximum Gasteiger partial charge on any atom is 0.387 e. The van der Waals surface area contributed by atoms with Gasteiger partial charge in [0.2, 0.25) is 0 Å². The number of hydrogen-bond acceptors (Lipinski definition) is 4. The molecule has 0 saturated carbocycles. The van der Waals surface area contributed by atoms with Crippen molar-refractivity contribution < 1.29 is 23.5 Å². The third-order valence-corrected chi connectivity index (χ3v) is 4.20. The maximum atomic E-state index is 12.4. The zero-order valence-corrected chi connectivity index (χ0v) is 14.2. The van der Waals surface area contributed by atoms with E-state index in [1.165, 1.54) is 13.1 Å². The van der Waals surface area contributed by atoms with Gasteiger partial charge >= 0.3 is 12.6 Å². The summed E-state index contributed by atoms with van der Waals surface area (Å²) in [5.74, 6) is 0.133. The first-order valence-electron chi connectivity index (χ1n) is 8.10. The van der Waals surface area contributed by atoms with Crippen LogP contribution in [0.25, 0.3) is 0 Å². The number of amides is 2. The SMILES string of the molecule is CNC(=O)N(O)c1ccc2c(c1)CCN2Cc1cccc(OC(F)F)c1. The van der Waals surface area contributed by atoms with Gasteiger partial charge in [-0.25, -0.2) is 4.79 Å². The number of ether oxygens (including phenoxy) is 1. The summed E-state index contributed by atoms with van der Waals surface area (Å²) in [4.78, 5) is 13.6. The van der Waals surface area contributed by atoms with Crippen LogP contribution < -0.4 is 20.0 Å². The Kier molecular flexibility index (Phi) is 5.22. The van der Waals surface area contributed by atoms with Crippen LogP contribution in [0.4, 0.5) is 25.0 Å². The lowest BCUT2D eigenvalue weighted by Gasteiger charge is -2.21. The number of nitrogens with zero attached hydrogens (tertiary/aromatic N) is 2. The Bertz CT molecular complexity index is 801. The first-order valence-corrected chi connectivity index (χ1v) is 8.10. The third-order valence-electron chi connectivity index (χ3n) is 4.20. The number of hydrogen-bond donors (Lipinski definition) is 2. The Balaban J connectivity index is 1.75. The quantitative estimate of drug-likeness (QED) is 0.631. The molecule has 0 aromatic heterocycles. The van der Waals surface area contributed by atoms with Crippen LogP contribution in [0.5, 0.6) is 5.75 Å². The van der Waals surface area contributed by atoms with Gasteiger partial charge in [0.25, 0.3) is 0 Å². The van der Waals surface area contributed by atoms with Crippen LogP contribution in [0.2, 0.25) is 0 Å². The Morgan fingerprint density at radius 3 is 2.88 bits per heavy atom. The van der Waals surface area contributed by atoms with Crippen LogP contribution in [0.3, 0.4) is 0 Å². The van der Waals surface area contributed by atoms with Crippen molar-refractivity contribution in [1.29, 1.82) is 0 Å². The summed E-state index contributed by atoms with van der Waals surface area (Å²) in [5, 5.41) is 12.8. The minimum atomic E-state index is -2.85. The first-order chi connectivity index (χ1) is 12.5. The van der Waals surface area contributed by atoms with E-state index in [-0.39, 0.29) is 5.75 Å². The second-order valence-electron chi connectivity index (χ2n) is 5.88. The molecule has 2 aromatic carbocycles. The predicted molar refractivity (Wildman–Crippen MR) is 93.0 cm³/mol. The van der Waals surface area contributed by atoms with Crippen LogP contribution in [0, 0.1) is 0 Å². The van der Waals surface area contributed by atoms with E-state index in [2.05, 4.69) is 15.0 Å². The van der Waals surface area contributed by atoms with E-state index in [0.29, 0.717) is 17.3 Å². The van der Waals surface area contributed by atoms with Gasteiger partial charge in [-0.15, -0.1) is 0 Å². The number of halogens is 2. The molecule has 0 unspecified atom stereocenters. The summed E-state index contributed by atoms with van der Waals surface area (Å²) in [7, 11) is 1.44. The summed E-state index contributed by atoms with van der Waals surface area (Å²) in [6.07, 6.45) is 0.762. The number of rotatable bonds is 5.